The zero-order valence-electron chi connectivity index (χ0n) is 9.71. The maximum atomic E-state index is 10.7. The van der Waals surface area contributed by atoms with Gasteiger partial charge in [0.2, 0.25) is 12.4 Å². The highest BCUT2D eigenvalue weighted by molar-refractivity contribution is 5.52. The molecule has 2 rings (SSSR count). The molecular weight excluding hydrogens is 234 g/mol. The Labute approximate surface area is 103 Å². The third-order valence-electron chi connectivity index (χ3n) is 2.90. The fraction of sp³-hybridized carbons (Fsp3) is 0.250. The largest absolute Gasteiger partial charge is 0.440 e. The Hall–Kier alpha value is -2.55. The number of nitriles is 1. The molecule has 0 spiro atoms. The number of ether oxygens (including phenoxy) is 1. The van der Waals surface area contributed by atoms with Crippen molar-refractivity contribution in [2.75, 3.05) is 6.54 Å². The van der Waals surface area contributed by atoms with E-state index in [2.05, 4.69) is 0 Å². The molecule has 1 aromatic carbocycles. The zero-order chi connectivity index (χ0) is 13.3. The highest BCUT2D eigenvalue weighted by Crippen LogP contribution is 2.39. The molecular formula is C12H11N3O3. The molecule has 18 heavy (non-hydrogen) atoms. The maximum Gasteiger partial charge on any atom is 0.215 e. The third kappa shape index (κ3) is 1.86. The molecule has 0 bridgehead atoms. The Bertz CT molecular complexity index is 587. The average molecular weight is 245 g/mol. The second-order valence-electron chi connectivity index (χ2n) is 4.05. The van der Waals surface area contributed by atoms with Gasteiger partial charge in [0.1, 0.15) is 17.4 Å². The Balaban J connectivity index is 2.58. The minimum atomic E-state index is -0.645. The molecule has 1 heterocycles. The molecule has 92 valence electrons. The van der Waals surface area contributed by atoms with E-state index in [4.69, 9.17) is 15.7 Å². The van der Waals surface area contributed by atoms with E-state index in [0.29, 0.717) is 11.3 Å². The molecule has 2 N–H and O–H groups in total. The molecule has 1 atom stereocenters. The summed E-state index contributed by atoms with van der Waals surface area (Å²) >= 11 is 0. The van der Waals surface area contributed by atoms with Crippen molar-refractivity contribution in [2.24, 2.45) is 5.73 Å². The van der Waals surface area contributed by atoms with Gasteiger partial charge in [-0.1, -0.05) is 18.2 Å². The molecule has 0 aromatic heterocycles. The lowest BCUT2D eigenvalue weighted by atomic mass is 9.88. The quantitative estimate of drug-likeness (QED) is 0.627. The Kier molecular flexibility index (Phi) is 2.90. The molecule has 0 saturated carbocycles. The predicted molar refractivity (Wildman–Crippen MR) is 63.2 cm³/mol. The molecule has 0 amide bonds. The number of benzene rings is 1. The lowest BCUT2D eigenvalue weighted by Crippen LogP contribution is -2.25. The van der Waals surface area contributed by atoms with Crippen LogP contribution in [0.5, 0.6) is 5.75 Å². The van der Waals surface area contributed by atoms with Gasteiger partial charge in [0.05, 0.1) is 5.92 Å². The number of hydrogen-bond acceptors (Lipinski definition) is 5. The van der Waals surface area contributed by atoms with Crippen molar-refractivity contribution in [2.45, 2.75) is 12.8 Å². The van der Waals surface area contributed by atoms with Gasteiger partial charge in [-0.3, -0.25) is 10.1 Å². The second-order valence-corrected chi connectivity index (χ2v) is 4.05. The van der Waals surface area contributed by atoms with E-state index < -0.39 is 10.8 Å². The Morgan fingerprint density at radius 1 is 1.61 bits per heavy atom. The van der Waals surface area contributed by atoms with Crippen LogP contribution in [0.2, 0.25) is 0 Å². The van der Waals surface area contributed by atoms with E-state index in [1.807, 2.05) is 19.1 Å². The Morgan fingerprint density at radius 2 is 2.33 bits per heavy atom. The zero-order valence-corrected chi connectivity index (χ0v) is 9.71. The molecule has 0 saturated heterocycles. The van der Waals surface area contributed by atoms with Crippen LogP contribution in [0.3, 0.4) is 0 Å². The minimum Gasteiger partial charge on any atom is -0.440 e. The van der Waals surface area contributed by atoms with Crippen molar-refractivity contribution >= 4 is 0 Å². The number of fused-ring (bicyclic) bond motifs is 1. The van der Waals surface area contributed by atoms with Crippen molar-refractivity contribution in [1.29, 1.82) is 5.26 Å². The topological polar surface area (TPSA) is 102 Å². The fourth-order valence-electron chi connectivity index (χ4n) is 2.05. The first-order valence-electron chi connectivity index (χ1n) is 5.33. The van der Waals surface area contributed by atoms with Gasteiger partial charge in [0, 0.05) is 10.5 Å². The molecule has 1 aliphatic heterocycles. The van der Waals surface area contributed by atoms with Crippen LogP contribution in [0, 0.1) is 28.4 Å². The first kappa shape index (κ1) is 11.9. The van der Waals surface area contributed by atoms with E-state index >= 15 is 0 Å². The third-order valence-corrected chi connectivity index (χ3v) is 2.90. The van der Waals surface area contributed by atoms with Crippen molar-refractivity contribution in [3.05, 3.63) is 50.9 Å². The summed E-state index contributed by atoms with van der Waals surface area (Å²) in [5, 5.41) is 19.8. The summed E-state index contributed by atoms with van der Waals surface area (Å²) in [6.45, 7) is 1.45. The first-order valence-corrected chi connectivity index (χ1v) is 5.33. The molecule has 0 radical (unpaired) electrons. The van der Waals surface area contributed by atoms with E-state index in [9.17, 15) is 10.1 Å². The summed E-state index contributed by atoms with van der Waals surface area (Å²) in [5.74, 6) is -0.180. The number of para-hydroxylation sites is 1. The molecule has 1 aromatic rings. The van der Waals surface area contributed by atoms with Crippen LogP contribution in [0.4, 0.5) is 0 Å². The number of nitrogens with two attached hydrogens (primary N) is 1. The van der Waals surface area contributed by atoms with Crippen LogP contribution >= 0.6 is 0 Å². The molecule has 6 nitrogen and oxygen atoms in total. The first-order chi connectivity index (χ1) is 8.54. The van der Waals surface area contributed by atoms with E-state index in [-0.39, 0.29) is 18.0 Å². The van der Waals surface area contributed by atoms with Crippen LogP contribution in [-0.2, 0) is 0 Å². The van der Waals surface area contributed by atoms with Gasteiger partial charge in [-0.05, 0) is 12.5 Å². The molecule has 0 aliphatic carbocycles. The Morgan fingerprint density at radius 3 is 2.94 bits per heavy atom. The summed E-state index contributed by atoms with van der Waals surface area (Å²) in [4.78, 5) is 10.3. The highest BCUT2D eigenvalue weighted by Gasteiger charge is 2.33. The normalized spacial score (nSPS) is 17.7. The van der Waals surface area contributed by atoms with Crippen LogP contribution < -0.4 is 10.5 Å². The minimum absolute atomic E-state index is 0.0499. The standard InChI is InChI=1S/C12H11N3O3/c1-7-3-2-4-8-10(6-15(16)17)9(5-13)12(14)18-11(7)8/h2-4,10H,6,14H2,1H3/t10-/m1/s1. The molecule has 0 fully saturated rings. The monoisotopic (exact) mass is 245 g/mol. The van der Waals surface area contributed by atoms with Gasteiger partial charge >= 0.3 is 0 Å². The van der Waals surface area contributed by atoms with Gasteiger partial charge in [-0.25, -0.2) is 0 Å². The number of nitro groups is 1. The van der Waals surface area contributed by atoms with Gasteiger partial charge in [0.15, 0.2) is 0 Å². The number of nitrogens with zero attached hydrogens (tertiary/aromatic N) is 2. The van der Waals surface area contributed by atoms with E-state index in [1.54, 1.807) is 12.1 Å². The van der Waals surface area contributed by atoms with Gasteiger partial charge in [0.25, 0.3) is 0 Å². The summed E-state index contributed by atoms with van der Waals surface area (Å²) in [6, 6.07) is 7.22. The SMILES string of the molecule is Cc1cccc2c1OC(N)=C(C#N)[C@@H]2C[N+](=O)[O-]. The van der Waals surface area contributed by atoms with E-state index in [0.717, 1.165) is 5.56 Å². The molecule has 6 heteroatoms. The summed E-state index contributed by atoms with van der Waals surface area (Å²) in [6.07, 6.45) is 0. The lowest BCUT2D eigenvalue weighted by molar-refractivity contribution is -0.482. The van der Waals surface area contributed by atoms with Gasteiger partial charge in [-0.15, -0.1) is 0 Å². The predicted octanol–water partition coefficient (Wildman–Crippen LogP) is 1.44. The average Bonchev–Trinajstić information content (AvgIpc) is 2.30. The summed E-state index contributed by atoms with van der Waals surface area (Å²) in [5.41, 5.74) is 7.24. The van der Waals surface area contributed by atoms with Crippen LogP contribution in [-0.4, -0.2) is 11.5 Å². The number of hydrogen-bond donors (Lipinski definition) is 1. The maximum absolute atomic E-state index is 10.7. The van der Waals surface area contributed by atoms with Crippen molar-refractivity contribution in [3.8, 4) is 11.8 Å². The van der Waals surface area contributed by atoms with Crippen LogP contribution in [0.25, 0.3) is 0 Å². The van der Waals surface area contributed by atoms with Crippen molar-refractivity contribution < 1.29 is 9.66 Å². The van der Waals surface area contributed by atoms with Crippen molar-refractivity contribution in [3.63, 3.8) is 0 Å². The molecule has 0 unspecified atom stereocenters. The smallest absolute Gasteiger partial charge is 0.215 e. The van der Waals surface area contributed by atoms with Crippen LogP contribution in [0.15, 0.2) is 29.7 Å². The summed E-state index contributed by atoms with van der Waals surface area (Å²) < 4.78 is 5.39. The van der Waals surface area contributed by atoms with E-state index in [1.165, 1.54) is 0 Å². The van der Waals surface area contributed by atoms with Crippen molar-refractivity contribution in [1.82, 2.24) is 0 Å². The summed E-state index contributed by atoms with van der Waals surface area (Å²) in [7, 11) is 0. The fourth-order valence-corrected chi connectivity index (χ4v) is 2.05. The lowest BCUT2D eigenvalue weighted by Gasteiger charge is -2.24. The second kappa shape index (κ2) is 4.37. The number of aryl methyl sites for hydroxylation is 1. The van der Waals surface area contributed by atoms with Gasteiger partial charge < -0.3 is 10.5 Å². The highest BCUT2D eigenvalue weighted by atomic mass is 16.6. The van der Waals surface area contributed by atoms with Gasteiger partial charge in [-0.2, -0.15) is 5.26 Å². The van der Waals surface area contributed by atoms with Crippen LogP contribution in [0.1, 0.15) is 17.0 Å². The molecule has 1 aliphatic rings. The number of rotatable bonds is 2.